The first kappa shape index (κ1) is 31.8. The molecule has 6 nitrogen and oxygen atoms in total. The monoisotopic (exact) mass is 601 g/mol. The highest BCUT2D eigenvalue weighted by Crippen LogP contribution is 2.40. The number of nitrogens with one attached hydrogen (secondary N) is 1. The summed E-state index contributed by atoms with van der Waals surface area (Å²) in [7, 11) is 0. The zero-order chi connectivity index (χ0) is 30.7. The zero-order valence-electron chi connectivity index (χ0n) is 23.9. The molecule has 232 valence electrons. The van der Waals surface area contributed by atoms with Crippen molar-refractivity contribution >= 4 is 17.3 Å². The van der Waals surface area contributed by atoms with Gasteiger partial charge in [-0.3, -0.25) is 4.79 Å². The van der Waals surface area contributed by atoms with Gasteiger partial charge in [0.15, 0.2) is 0 Å². The minimum Gasteiger partial charge on any atom is -0.405 e. The van der Waals surface area contributed by atoms with Gasteiger partial charge in [0.05, 0.1) is 11.7 Å². The highest BCUT2D eigenvalue weighted by molar-refractivity contribution is 5.77. The van der Waals surface area contributed by atoms with Crippen molar-refractivity contribution in [2.24, 2.45) is 0 Å². The Morgan fingerprint density at radius 3 is 2.05 bits per heavy atom. The third-order valence-electron chi connectivity index (χ3n) is 7.73. The highest BCUT2D eigenvalue weighted by Gasteiger charge is 2.39. The smallest absolute Gasteiger partial charge is 0.405 e. The van der Waals surface area contributed by atoms with E-state index >= 15 is 0 Å². The minimum absolute atomic E-state index is 0.0291. The summed E-state index contributed by atoms with van der Waals surface area (Å²) in [5.41, 5.74) is 1.05. The molecular weight excluding hydrogens is 564 g/mol. The quantitative estimate of drug-likeness (QED) is 0.347. The first-order chi connectivity index (χ1) is 19.6. The number of carbonyl (C=O) groups excluding carboxylic acids is 1. The second kappa shape index (κ2) is 12.6. The Morgan fingerprint density at radius 2 is 1.50 bits per heavy atom. The SMILES string of the molecule is CC(C)(C)c1ccc(N2CCN(C(=O)CO[C@H]3CC[C@H](Nc4ccc(OC(F)(F)F)c(C(F)(F)F)c4)CC3)CC2)cc1. The molecule has 4 rings (SSSR count). The van der Waals surface area contributed by atoms with E-state index in [1.54, 1.807) is 4.90 Å². The number of carbonyl (C=O) groups is 1. The summed E-state index contributed by atoms with van der Waals surface area (Å²) >= 11 is 0. The lowest BCUT2D eigenvalue weighted by Crippen LogP contribution is -2.50. The number of nitrogens with zero attached hydrogens (tertiary/aromatic N) is 2. The maximum Gasteiger partial charge on any atom is 0.573 e. The summed E-state index contributed by atoms with van der Waals surface area (Å²) in [4.78, 5) is 16.8. The van der Waals surface area contributed by atoms with Gasteiger partial charge in [0.2, 0.25) is 5.91 Å². The van der Waals surface area contributed by atoms with Crippen LogP contribution in [0.15, 0.2) is 42.5 Å². The van der Waals surface area contributed by atoms with Crippen molar-refractivity contribution in [1.82, 2.24) is 4.90 Å². The Hall–Kier alpha value is -3.15. The Morgan fingerprint density at radius 1 is 0.881 bits per heavy atom. The molecule has 2 aromatic carbocycles. The van der Waals surface area contributed by atoms with Crippen LogP contribution in [-0.2, 0) is 21.1 Å². The molecule has 0 atom stereocenters. The van der Waals surface area contributed by atoms with Crippen molar-refractivity contribution in [3.63, 3.8) is 0 Å². The Bertz CT molecular complexity index is 1190. The van der Waals surface area contributed by atoms with Gasteiger partial charge in [-0.2, -0.15) is 13.2 Å². The number of halogens is 6. The second-order valence-electron chi connectivity index (χ2n) is 11.9. The van der Waals surface area contributed by atoms with Crippen LogP contribution in [0.4, 0.5) is 37.7 Å². The summed E-state index contributed by atoms with van der Waals surface area (Å²) in [6.07, 6.45) is -8.04. The number of benzene rings is 2. The number of hydrogen-bond acceptors (Lipinski definition) is 5. The lowest BCUT2D eigenvalue weighted by atomic mass is 9.87. The van der Waals surface area contributed by atoms with Crippen molar-refractivity contribution in [3.8, 4) is 5.75 Å². The molecule has 0 unspecified atom stereocenters. The molecule has 0 bridgehead atoms. The van der Waals surface area contributed by atoms with Crippen molar-refractivity contribution in [3.05, 3.63) is 53.6 Å². The predicted molar refractivity (Wildman–Crippen MR) is 148 cm³/mol. The number of rotatable bonds is 7. The van der Waals surface area contributed by atoms with E-state index in [1.807, 2.05) is 0 Å². The molecule has 1 N–H and O–H groups in total. The predicted octanol–water partition coefficient (Wildman–Crippen LogP) is 6.99. The van der Waals surface area contributed by atoms with E-state index in [1.165, 1.54) is 5.56 Å². The van der Waals surface area contributed by atoms with Gasteiger partial charge in [0, 0.05) is 43.6 Å². The minimum atomic E-state index is -5.23. The van der Waals surface area contributed by atoms with Crippen LogP contribution in [0.25, 0.3) is 0 Å². The van der Waals surface area contributed by atoms with Crippen LogP contribution >= 0.6 is 0 Å². The van der Waals surface area contributed by atoms with Gasteiger partial charge < -0.3 is 24.6 Å². The summed E-state index contributed by atoms with van der Waals surface area (Å²) in [6.45, 7) is 9.17. The highest BCUT2D eigenvalue weighted by atomic mass is 19.4. The largest absolute Gasteiger partial charge is 0.573 e. The van der Waals surface area contributed by atoms with Crippen molar-refractivity contribution in [2.45, 2.75) is 76.6 Å². The normalized spacial score (nSPS) is 20.4. The van der Waals surface area contributed by atoms with E-state index in [9.17, 15) is 31.1 Å². The molecule has 12 heteroatoms. The van der Waals surface area contributed by atoms with E-state index < -0.39 is 23.9 Å². The summed E-state index contributed by atoms with van der Waals surface area (Å²) in [6, 6.07) is 10.8. The van der Waals surface area contributed by atoms with Crippen LogP contribution < -0.4 is 15.0 Å². The fraction of sp³-hybridized carbons (Fsp3) is 0.567. The molecule has 2 fully saturated rings. The Labute approximate surface area is 241 Å². The number of piperazine rings is 1. The molecule has 1 heterocycles. The summed E-state index contributed by atoms with van der Waals surface area (Å²) in [5, 5.41) is 2.98. The van der Waals surface area contributed by atoms with Crippen LogP contribution in [-0.4, -0.2) is 62.1 Å². The molecule has 42 heavy (non-hydrogen) atoms. The average molecular weight is 602 g/mol. The molecule has 1 aliphatic heterocycles. The molecule has 1 saturated heterocycles. The number of amides is 1. The topological polar surface area (TPSA) is 54.0 Å². The second-order valence-corrected chi connectivity index (χ2v) is 11.9. The molecule has 1 amide bonds. The van der Waals surface area contributed by atoms with Gasteiger partial charge in [0.1, 0.15) is 12.4 Å². The maximum atomic E-state index is 13.3. The first-order valence-electron chi connectivity index (χ1n) is 14.1. The van der Waals surface area contributed by atoms with E-state index in [2.05, 4.69) is 60.0 Å². The lowest BCUT2D eigenvalue weighted by molar-refractivity contribution is -0.276. The third-order valence-corrected chi connectivity index (χ3v) is 7.73. The van der Waals surface area contributed by atoms with Crippen LogP contribution in [0.5, 0.6) is 5.75 Å². The van der Waals surface area contributed by atoms with Gasteiger partial charge in [-0.15, -0.1) is 13.2 Å². The zero-order valence-corrected chi connectivity index (χ0v) is 23.9. The van der Waals surface area contributed by atoms with Gasteiger partial charge in [-0.1, -0.05) is 32.9 Å². The van der Waals surface area contributed by atoms with E-state index in [4.69, 9.17) is 4.74 Å². The molecule has 1 aliphatic carbocycles. The third kappa shape index (κ3) is 8.68. The van der Waals surface area contributed by atoms with Crippen LogP contribution in [0.2, 0.25) is 0 Å². The molecule has 0 radical (unpaired) electrons. The molecule has 0 spiro atoms. The summed E-state index contributed by atoms with van der Waals surface area (Å²) in [5.74, 6) is -1.36. The molecule has 2 aromatic rings. The lowest BCUT2D eigenvalue weighted by Gasteiger charge is -2.37. The average Bonchev–Trinajstić information content (AvgIpc) is 2.91. The molecular formula is C30H37F6N3O3. The van der Waals surface area contributed by atoms with Gasteiger partial charge in [-0.05, 0) is 67.0 Å². The van der Waals surface area contributed by atoms with E-state index in [-0.39, 0.29) is 35.8 Å². The van der Waals surface area contributed by atoms with Crippen LogP contribution in [0.3, 0.4) is 0 Å². The Kier molecular flexibility index (Phi) is 9.54. The molecule has 2 aliphatic rings. The Balaban J connectivity index is 1.20. The summed E-state index contributed by atoms with van der Waals surface area (Å²) < 4.78 is 87.0. The standard InChI is InChI=1S/C30H37F6N3O3/c1-28(2,3)20-4-9-23(10-5-20)38-14-16-39(17-15-38)27(40)19-41-24-11-6-21(7-12-24)37-22-8-13-26(42-30(34,35)36)25(18-22)29(31,32)33/h4-5,8-10,13,18,21,24,37H,6-7,11-12,14-17,19H2,1-3H3/t21-,24-. The van der Waals surface area contributed by atoms with Crippen molar-refractivity contribution in [2.75, 3.05) is 43.0 Å². The van der Waals surface area contributed by atoms with Crippen molar-refractivity contribution in [1.29, 1.82) is 0 Å². The fourth-order valence-corrected chi connectivity index (χ4v) is 5.33. The maximum absolute atomic E-state index is 13.3. The van der Waals surface area contributed by atoms with Gasteiger partial charge in [0.25, 0.3) is 0 Å². The van der Waals surface area contributed by atoms with Crippen LogP contribution in [0, 0.1) is 0 Å². The molecule has 1 saturated carbocycles. The van der Waals surface area contributed by atoms with E-state index in [0.29, 0.717) is 50.9 Å². The number of alkyl halides is 6. The number of anilines is 2. The van der Waals surface area contributed by atoms with Crippen LogP contribution in [0.1, 0.15) is 57.6 Å². The van der Waals surface area contributed by atoms with Crippen molar-refractivity contribution < 1.29 is 40.6 Å². The number of hydrogen-bond donors (Lipinski definition) is 1. The van der Waals surface area contributed by atoms with Gasteiger partial charge in [-0.25, -0.2) is 0 Å². The van der Waals surface area contributed by atoms with Gasteiger partial charge >= 0.3 is 12.5 Å². The molecule has 0 aromatic heterocycles. The first-order valence-corrected chi connectivity index (χ1v) is 14.1. The van der Waals surface area contributed by atoms with E-state index in [0.717, 1.165) is 24.8 Å². The number of ether oxygens (including phenoxy) is 2. The fourth-order valence-electron chi connectivity index (χ4n) is 5.33.